The molecule has 0 bridgehead atoms. The van der Waals surface area contributed by atoms with Gasteiger partial charge in [-0.15, -0.1) is 0 Å². The predicted molar refractivity (Wildman–Crippen MR) is 62.2 cm³/mol. The molecular weight excluding hydrogens is 210 g/mol. The van der Waals surface area contributed by atoms with E-state index in [9.17, 15) is 5.11 Å². The molecule has 0 aromatic heterocycles. The fraction of sp³-hybridized carbons (Fsp3) is 0.500. The average Bonchev–Trinajstić information content (AvgIpc) is 2.59. The first-order valence-electron chi connectivity index (χ1n) is 5.37. The van der Waals surface area contributed by atoms with E-state index in [1.807, 2.05) is 12.1 Å². The van der Waals surface area contributed by atoms with E-state index < -0.39 is 0 Å². The molecule has 15 heavy (non-hydrogen) atoms. The number of fused-ring (bicyclic) bond motifs is 1. The van der Waals surface area contributed by atoms with Gasteiger partial charge in [0, 0.05) is 17.6 Å². The van der Waals surface area contributed by atoms with Crippen molar-refractivity contribution in [3.63, 3.8) is 0 Å². The largest absolute Gasteiger partial charge is 0.392 e. The summed E-state index contributed by atoms with van der Waals surface area (Å²) < 4.78 is 0. The molecule has 1 aliphatic carbocycles. The van der Waals surface area contributed by atoms with Crippen molar-refractivity contribution in [3.8, 4) is 0 Å². The molecule has 0 radical (unpaired) electrons. The molecule has 0 amide bonds. The topological polar surface area (TPSA) is 32.3 Å². The smallest absolute Gasteiger partial charge is 0.0636 e. The van der Waals surface area contributed by atoms with Gasteiger partial charge < -0.3 is 10.4 Å². The summed E-state index contributed by atoms with van der Waals surface area (Å²) in [7, 11) is 0. The Morgan fingerprint density at radius 1 is 1.60 bits per heavy atom. The van der Waals surface area contributed by atoms with Crippen LogP contribution in [-0.4, -0.2) is 17.8 Å². The van der Waals surface area contributed by atoms with E-state index in [-0.39, 0.29) is 6.10 Å². The minimum Gasteiger partial charge on any atom is -0.392 e. The Kier molecular flexibility index (Phi) is 3.29. The zero-order valence-corrected chi connectivity index (χ0v) is 9.59. The molecule has 0 aliphatic heterocycles. The van der Waals surface area contributed by atoms with E-state index in [0.29, 0.717) is 12.6 Å². The van der Waals surface area contributed by atoms with Gasteiger partial charge in [-0.05, 0) is 37.0 Å². The third-order valence-electron chi connectivity index (χ3n) is 2.87. The summed E-state index contributed by atoms with van der Waals surface area (Å²) in [5.74, 6) is 0. The molecule has 1 aliphatic rings. The zero-order valence-electron chi connectivity index (χ0n) is 8.83. The van der Waals surface area contributed by atoms with Crippen LogP contribution in [0.3, 0.4) is 0 Å². The maximum Gasteiger partial charge on any atom is 0.0636 e. The summed E-state index contributed by atoms with van der Waals surface area (Å²) >= 11 is 6.12. The predicted octanol–water partition coefficient (Wildman–Crippen LogP) is 2.30. The number of aliphatic hydroxyl groups is 1. The average molecular weight is 226 g/mol. The highest BCUT2D eigenvalue weighted by Crippen LogP contribution is 2.35. The summed E-state index contributed by atoms with van der Waals surface area (Å²) in [6.45, 7) is 2.43. The minimum absolute atomic E-state index is 0.298. The van der Waals surface area contributed by atoms with Crippen LogP contribution >= 0.6 is 11.6 Å². The molecule has 82 valence electrons. The molecule has 2 atom stereocenters. The second kappa shape index (κ2) is 4.52. The lowest BCUT2D eigenvalue weighted by Crippen LogP contribution is -2.27. The van der Waals surface area contributed by atoms with Crippen molar-refractivity contribution < 1.29 is 5.11 Å². The van der Waals surface area contributed by atoms with Crippen LogP contribution in [0, 0.1) is 0 Å². The van der Waals surface area contributed by atoms with E-state index in [1.54, 1.807) is 6.92 Å². The summed E-state index contributed by atoms with van der Waals surface area (Å²) in [4.78, 5) is 0. The second-order valence-corrected chi connectivity index (χ2v) is 4.56. The first-order chi connectivity index (χ1) is 7.18. The Morgan fingerprint density at radius 3 is 3.13 bits per heavy atom. The standard InChI is InChI=1S/C12H16ClNO/c1-8(15)7-14-12-6-5-9-10(12)3-2-4-11(9)13/h2-4,8,12,14-15H,5-7H2,1H3/t8-,12?/m0/s1. The van der Waals surface area contributed by atoms with Crippen LogP contribution in [0.1, 0.15) is 30.5 Å². The number of hydrogen-bond acceptors (Lipinski definition) is 2. The summed E-state index contributed by atoms with van der Waals surface area (Å²) in [6, 6.07) is 6.41. The van der Waals surface area contributed by atoms with Crippen molar-refractivity contribution in [2.45, 2.75) is 31.9 Å². The van der Waals surface area contributed by atoms with E-state index in [2.05, 4.69) is 11.4 Å². The van der Waals surface area contributed by atoms with Gasteiger partial charge in [0.2, 0.25) is 0 Å². The Hall–Kier alpha value is -0.570. The third kappa shape index (κ3) is 2.33. The monoisotopic (exact) mass is 225 g/mol. The Morgan fingerprint density at radius 2 is 2.40 bits per heavy atom. The number of hydrogen-bond donors (Lipinski definition) is 2. The van der Waals surface area contributed by atoms with Crippen LogP contribution < -0.4 is 5.32 Å². The lowest BCUT2D eigenvalue weighted by molar-refractivity contribution is 0.186. The highest BCUT2D eigenvalue weighted by atomic mass is 35.5. The molecule has 0 saturated carbocycles. The van der Waals surface area contributed by atoms with Crippen LogP contribution in [0.15, 0.2) is 18.2 Å². The Labute approximate surface area is 95.3 Å². The molecule has 2 rings (SSSR count). The van der Waals surface area contributed by atoms with E-state index in [4.69, 9.17) is 11.6 Å². The van der Waals surface area contributed by atoms with Gasteiger partial charge in [0.1, 0.15) is 0 Å². The maximum atomic E-state index is 9.23. The molecule has 1 unspecified atom stereocenters. The Balaban J connectivity index is 2.11. The first kappa shape index (κ1) is 10.9. The quantitative estimate of drug-likeness (QED) is 0.828. The van der Waals surface area contributed by atoms with E-state index in [1.165, 1.54) is 11.1 Å². The zero-order chi connectivity index (χ0) is 10.8. The molecule has 0 heterocycles. The SMILES string of the molecule is C[C@H](O)CNC1CCc2c(Cl)cccc21. The van der Waals surface area contributed by atoms with Gasteiger partial charge >= 0.3 is 0 Å². The molecule has 0 saturated heterocycles. The third-order valence-corrected chi connectivity index (χ3v) is 3.23. The summed E-state index contributed by atoms with van der Waals surface area (Å²) in [6.07, 6.45) is 1.81. The van der Waals surface area contributed by atoms with Gasteiger partial charge in [-0.1, -0.05) is 23.7 Å². The number of benzene rings is 1. The molecule has 0 spiro atoms. The summed E-state index contributed by atoms with van der Waals surface area (Å²) in [5.41, 5.74) is 2.56. The highest BCUT2D eigenvalue weighted by Gasteiger charge is 2.23. The molecular formula is C12H16ClNO. The number of rotatable bonds is 3. The number of nitrogens with one attached hydrogen (secondary N) is 1. The van der Waals surface area contributed by atoms with Gasteiger partial charge in [0.05, 0.1) is 6.10 Å². The number of halogens is 1. The van der Waals surface area contributed by atoms with Gasteiger partial charge in [0.25, 0.3) is 0 Å². The van der Waals surface area contributed by atoms with Crippen molar-refractivity contribution >= 4 is 11.6 Å². The van der Waals surface area contributed by atoms with E-state index >= 15 is 0 Å². The van der Waals surface area contributed by atoms with Crippen molar-refractivity contribution in [1.82, 2.24) is 5.32 Å². The van der Waals surface area contributed by atoms with Gasteiger partial charge in [-0.3, -0.25) is 0 Å². The summed E-state index contributed by atoms with van der Waals surface area (Å²) in [5, 5.41) is 13.5. The fourth-order valence-corrected chi connectivity index (χ4v) is 2.41. The lowest BCUT2D eigenvalue weighted by atomic mass is 10.1. The van der Waals surface area contributed by atoms with Crippen LogP contribution in [0.5, 0.6) is 0 Å². The van der Waals surface area contributed by atoms with Crippen molar-refractivity contribution in [2.75, 3.05) is 6.54 Å². The van der Waals surface area contributed by atoms with Crippen LogP contribution in [0.2, 0.25) is 5.02 Å². The van der Waals surface area contributed by atoms with Gasteiger partial charge in [-0.25, -0.2) is 0 Å². The molecule has 0 fully saturated rings. The van der Waals surface area contributed by atoms with Gasteiger partial charge in [-0.2, -0.15) is 0 Å². The van der Waals surface area contributed by atoms with E-state index in [0.717, 1.165) is 17.9 Å². The molecule has 2 nitrogen and oxygen atoms in total. The van der Waals surface area contributed by atoms with Crippen molar-refractivity contribution in [1.29, 1.82) is 0 Å². The number of aliphatic hydroxyl groups excluding tert-OH is 1. The molecule has 3 heteroatoms. The van der Waals surface area contributed by atoms with Crippen LogP contribution in [0.25, 0.3) is 0 Å². The molecule has 2 N–H and O–H groups in total. The van der Waals surface area contributed by atoms with Gasteiger partial charge in [0.15, 0.2) is 0 Å². The normalized spacial score (nSPS) is 21.4. The molecule has 1 aromatic rings. The molecule has 1 aromatic carbocycles. The second-order valence-electron chi connectivity index (χ2n) is 4.16. The van der Waals surface area contributed by atoms with Crippen molar-refractivity contribution in [3.05, 3.63) is 34.3 Å². The lowest BCUT2D eigenvalue weighted by Gasteiger charge is -2.15. The van der Waals surface area contributed by atoms with Crippen LogP contribution in [0.4, 0.5) is 0 Å². The Bertz CT molecular complexity index is 351. The fourth-order valence-electron chi connectivity index (χ4n) is 2.13. The van der Waals surface area contributed by atoms with Crippen LogP contribution in [-0.2, 0) is 6.42 Å². The first-order valence-corrected chi connectivity index (χ1v) is 5.75. The highest BCUT2D eigenvalue weighted by molar-refractivity contribution is 6.31. The van der Waals surface area contributed by atoms with Crippen molar-refractivity contribution in [2.24, 2.45) is 0 Å². The maximum absolute atomic E-state index is 9.23. The minimum atomic E-state index is -0.298.